The molecule has 0 atom stereocenters. The maximum Gasteiger partial charge on any atom is 0.0483 e. The van der Waals surface area contributed by atoms with E-state index in [1.807, 2.05) is 0 Å². The van der Waals surface area contributed by atoms with Crippen molar-refractivity contribution in [2.24, 2.45) is 0 Å². The molecule has 1 fully saturated rings. The first-order valence-electron chi connectivity index (χ1n) is 7.69. The molecule has 108 valence electrons. The summed E-state index contributed by atoms with van der Waals surface area (Å²) in [5, 5.41) is 1.35. The molecule has 2 aromatic rings. The van der Waals surface area contributed by atoms with Gasteiger partial charge in [-0.25, -0.2) is 0 Å². The summed E-state index contributed by atoms with van der Waals surface area (Å²) >= 11 is 0. The first-order valence-corrected chi connectivity index (χ1v) is 7.69. The van der Waals surface area contributed by atoms with Crippen molar-refractivity contribution in [1.82, 2.24) is 14.4 Å². The third-order valence-electron chi connectivity index (χ3n) is 4.40. The smallest absolute Gasteiger partial charge is 0.0483 e. The van der Waals surface area contributed by atoms with Gasteiger partial charge >= 0.3 is 0 Å². The minimum absolute atomic E-state index is 1.09. The Morgan fingerprint density at radius 1 is 1.00 bits per heavy atom. The quantitative estimate of drug-likeness (QED) is 0.850. The van der Waals surface area contributed by atoms with E-state index in [2.05, 4.69) is 58.8 Å². The van der Waals surface area contributed by atoms with E-state index in [0.29, 0.717) is 0 Å². The molecule has 1 aliphatic rings. The fraction of sp³-hybridized carbons (Fsp3) is 0.529. The van der Waals surface area contributed by atoms with Crippen LogP contribution in [-0.2, 0) is 6.54 Å². The minimum atomic E-state index is 1.09. The molecule has 3 rings (SSSR count). The van der Waals surface area contributed by atoms with E-state index >= 15 is 0 Å². The fourth-order valence-corrected chi connectivity index (χ4v) is 3.06. The number of hydrogen-bond acceptors (Lipinski definition) is 2. The van der Waals surface area contributed by atoms with E-state index in [-0.39, 0.29) is 0 Å². The van der Waals surface area contributed by atoms with Gasteiger partial charge in [-0.3, -0.25) is 0 Å². The van der Waals surface area contributed by atoms with Gasteiger partial charge in [-0.2, -0.15) is 0 Å². The van der Waals surface area contributed by atoms with E-state index in [1.165, 1.54) is 49.1 Å². The molecular formula is C17H25N3. The van der Waals surface area contributed by atoms with Crippen molar-refractivity contribution in [2.75, 3.05) is 39.8 Å². The van der Waals surface area contributed by atoms with E-state index in [4.69, 9.17) is 0 Å². The zero-order chi connectivity index (χ0) is 13.9. The molecule has 0 unspecified atom stereocenters. The number of fused-ring (bicyclic) bond motifs is 1. The largest absolute Gasteiger partial charge is 0.346 e. The molecule has 20 heavy (non-hydrogen) atoms. The number of hydrogen-bond donors (Lipinski definition) is 0. The monoisotopic (exact) mass is 271 g/mol. The van der Waals surface area contributed by atoms with Crippen molar-refractivity contribution in [3.63, 3.8) is 0 Å². The number of aromatic nitrogens is 1. The number of likely N-dealkylation sites (N-methyl/N-ethyl adjacent to an activating group) is 1. The number of rotatable bonds is 3. The Balaban J connectivity index is 1.66. The van der Waals surface area contributed by atoms with Gasteiger partial charge in [0.2, 0.25) is 0 Å². The summed E-state index contributed by atoms with van der Waals surface area (Å²) in [5.41, 5.74) is 2.71. The van der Waals surface area contributed by atoms with Crippen LogP contribution in [0.15, 0.2) is 30.5 Å². The summed E-state index contributed by atoms with van der Waals surface area (Å²) in [4.78, 5) is 5.04. The molecule has 1 aromatic carbocycles. The molecular weight excluding hydrogens is 246 g/mol. The van der Waals surface area contributed by atoms with Crippen LogP contribution in [0.5, 0.6) is 0 Å². The van der Waals surface area contributed by atoms with E-state index in [0.717, 1.165) is 13.1 Å². The van der Waals surface area contributed by atoms with E-state index in [9.17, 15) is 0 Å². The van der Waals surface area contributed by atoms with Gasteiger partial charge in [-0.15, -0.1) is 0 Å². The molecule has 1 saturated heterocycles. The molecule has 0 amide bonds. The Hall–Kier alpha value is -1.32. The van der Waals surface area contributed by atoms with Crippen LogP contribution in [0.25, 0.3) is 10.9 Å². The van der Waals surface area contributed by atoms with Crippen molar-refractivity contribution < 1.29 is 0 Å². The second-order valence-electron chi connectivity index (χ2n) is 6.07. The molecule has 0 bridgehead atoms. The zero-order valence-electron chi connectivity index (χ0n) is 12.7. The normalized spacial score (nSPS) is 18.5. The Morgan fingerprint density at radius 2 is 1.90 bits per heavy atom. The lowest BCUT2D eigenvalue weighted by atomic mass is 10.2. The Kier molecular flexibility index (Phi) is 4.08. The molecule has 0 N–H and O–H groups in total. The Morgan fingerprint density at radius 3 is 2.80 bits per heavy atom. The third kappa shape index (κ3) is 3.05. The summed E-state index contributed by atoms with van der Waals surface area (Å²) in [6.07, 6.45) is 3.52. The highest BCUT2D eigenvalue weighted by molar-refractivity contribution is 5.80. The van der Waals surface area contributed by atoms with Crippen LogP contribution in [0.2, 0.25) is 0 Å². The van der Waals surface area contributed by atoms with Crippen LogP contribution in [-0.4, -0.2) is 54.1 Å². The standard InChI is InChI=1S/C17H25N3/c1-15-4-5-16-6-9-20(17(16)14-15)13-12-19-8-3-7-18(2)10-11-19/h4-6,9,14H,3,7-8,10-13H2,1-2H3. The second-order valence-corrected chi connectivity index (χ2v) is 6.07. The topological polar surface area (TPSA) is 11.4 Å². The summed E-state index contributed by atoms with van der Waals surface area (Å²) in [5.74, 6) is 0. The van der Waals surface area contributed by atoms with Crippen LogP contribution in [0.3, 0.4) is 0 Å². The molecule has 1 aromatic heterocycles. The van der Waals surface area contributed by atoms with Crippen molar-refractivity contribution in [1.29, 1.82) is 0 Å². The summed E-state index contributed by atoms with van der Waals surface area (Å²) in [6, 6.07) is 8.94. The van der Waals surface area contributed by atoms with E-state index < -0.39 is 0 Å². The minimum Gasteiger partial charge on any atom is -0.346 e. The predicted molar refractivity (Wildman–Crippen MR) is 85.2 cm³/mol. The first kappa shape index (κ1) is 13.7. The molecule has 0 radical (unpaired) electrons. The lowest BCUT2D eigenvalue weighted by Crippen LogP contribution is -2.31. The number of aryl methyl sites for hydroxylation is 1. The van der Waals surface area contributed by atoms with Gasteiger partial charge in [0.1, 0.15) is 0 Å². The predicted octanol–water partition coefficient (Wildman–Crippen LogP) is 2.59. The molecule has 0 spiro atoms. The van der Waals surface area contributed by atoms with Crippen LogP contribution < -0.4 is 0 Å². The van der Waals surface area contributed by atoms with Gasteiger partial charge in [0, 0.05) is 37.9 Å². The second kappa shape index (κ2) is 5.98. The van der Waals surface area contributed by atoms with Gasteiger partial charge in [0.15, 0.2) is 0 Å². The van der Waals surface area contributed by atoms with Crippen molar-refractivity contribution >= 4 is 10.9 Å². The maximum atomic E-state index is 2.60. The van der Waals surface area contributed by atoms with Gasteiger partial charge in [0.05, 0.1) is 0 Å². The van der Waals surface area contributed by atoms with Crippen LogP contribution >= 0.6 is 0 Å². The van der Waals surface area contributed by atoms with Crippen LogP contribution in [0, 0.1) is 6.92 Å². The molecule has 3 nitrogen and oxygen atoms in total. The molecule has 2 heterocycles. The van der Waals surface area contributed by atoms with Gasteiger partial charge < -0.3 is 14.4 Å². The molecule has 1 aliphatic heterocycles. The third-order valence-corrected chi connectivity index (χ3v) is 4.40. The first-order chi connectivity index (χ1) is 9.72. The molecule has 0 saturated carbocycles. The zero-order valence-corrected chi connectivity index (χ0v) is 12.7. The van der Waals surface area contributed by atoms with Gasteiger partial charge in [-0.1, -0.05) is 12.1 Å². The summed E-state index contributed by atoms with van der Waals surface area (Å²) in [6.45, 7) is 9.30. The van der Waals surface area contributed by atoms with Crippen molar-refractivity contribution in [3.05, 3.63) is 36.0 Å². The highest BCUT2D eigenvalue weighted by Gasteiger charge is 2.12. The fourth-order valence-electron chi connectivity index (χ4n) is 3.06. The highest BCUT2D eigenvalue weighted by atomic mass is 15.2. The molecule has 0 aliphatic carbocycles. The lowest BCUT2D eigenvalue weighted by molar-refractivity contribution is 0.268. The average Bonchev–Trinajstić information content (AvgIpc) is 2.71. The van der Waals surface area contributed by atoms with Crippen LogP contribution in [0.4, 0.5) is 0 Å². The highest BCUT2D eigenvalue weighted by Crippen LogP contribution is 2.17. The van der Waals surface area contributed by atoms with Crippen LogP contribution in [0.1, 0.15) is 12.0 Å². The van der Waals surface area contributed by atoms with Gasteiger partial charge in [-0.05, 0) is 56.6 Å². The maximum absolute atomic E-state index is 2.60. The number of nitrogens with zero attached hydrogens (tertiary/aromatic N) is 3. The van der Waals surface area contributed by atoms with Crippen molar-refractivity contribution in [3.8, 4) is 0 Å². The Bertz CT molecular complexity index is 573. The SMILES string of the molecule is Cc1ccc2ccn(CCN3CCCN(C)CC3)c2c1. The van der Waals surface area contributed by atoms with Crippen molar-refractivity contribution in [2.45, 2.75) is 19.9 Å². The van der Waals surface area contributed by atoms with Gasteiger partial charge in [0.25, 0.3) is 0 Å². The number of benzene rings is 1. The average molecular weight is 271 g/mol. The summed E-state index contributed by atoms with van der Waals surface area (Å²) < 4.78 is 2.40. The Labute approximate surface area is 121 Å². The summed E-state index contributed by atoms with van der Waals surface area (Å²) in [7, 11) is 2.23. The lowest BCUT2D eigenvalue weighted by Gasteiger charge is -2.20. The van der Waals surface area contributed by atoms with E-state index in [1.54, 1.807) is 0 Å². The molecule has 3 heteroatoms.